The first-order valence-electron chi connectivity index (χ1n) is 8.22. The minimum atomic E-state index is -0.500. The topological polar surface area (TPSA) is 41.6 Å². The number of likely N-dealkylation sites (tertiary alicyclic amines) is 1. The lowest BCUT2D eigenvalue weighted by Crippen LogP contribution is -2.46. The number of ether oxygens (including phenoxy) is 1. The van der Waals surface area contributed by atoms with Crippen LogP contribution in [0.3, 0.4) is 0 Å². The van der Waals surface area contributed by atoms with Crippen molar-refractivity contribution in [3.05, 3.63) is 64.7 Å². The Balaban J connectivity index is 1.44. The van der Waals surface area contributed by atoms with Gasteiger partial charge in [-0.15, -0.1) is 0 Å². The van der Waals surface area contributed by atoms with Crippen molar-refractivity contribution in [2.75, 3.05) is 18.4 Å². The van der Waals surface area contributed by atoms with E-state index in [4.69, 9.17) is 28.6 Å². The molecule has 0 unspecified atom stereocenters. The molecule has 2 aromatic carbocycles. The number of carbonyl (C=O) groups excluding carboxylic acids is 1. The Morgan fingerprint density at radius 3 is 2.52 bits per heavy atom. The summed E-state index contributed by atoms with van der Waals surface area (Å²) in [6.07, 6.45) is 1.47. The van der Waals surface area contributed by atoms with E-state index in [2.05, 4.69) is 10.2 Å². The Hall–Kier alpha value is -2.11. The fraction of sp³-hybridized carbons (Fsp3) is 0.263. The van der Waals surface area contributed by atoms with Gasteiger partial charge in [-0.05, 0) is 42.5 Å². The maximum Gasteiger partial charge on any atom is 0.339 e. The lowest BCUT2D eigenvalue weighted by Gasteiger charge is -2.39. The second kappa shape index (κ2) is 6.32. The summed E-state index contributed by atoms with van der Waals surface area (Å²) in [5, 5.41) is 4.61. The summed E-state index contributed by atoms with van der Waals surface area (Å²) < 4.78 is 5.78. The van der Waals surface area contributed by atoms with E-state index in [1.165, 1.54) is 0 Å². The van der Waals surface area contributed by atoms with Crippen molar-refractivity contribution in [1.82, 2.24) is 4.90 Å². The van der Waals surface area contributed by atoms with Gasteiger partial charge in [0.25, 0.3) is 0 Å². The number of esters is 1. The number of rotatable bonds is 1. The number of anilines is 1. The Morgan fingerprint density at radius 2 is 1.80 bits per heavy atom. The molecule has 2 aliphatic rings. The number of carbonyl (C=O) groups is 1. The zero-order valence-corrected chi connectivity index (χ0v) is 15.1. The molecule has 0 aromatic heterocycles. The van der Waals surface area contributed by atoms with E-state index in [0.29, 0.717) is 15.7 Å². The first kappa shape index (κ1) is 16.4. The Kier molecular flexibility index (Phi) is 4.13. The molecule has 2 heterocycles. The molecule has 1 fully saturated rings. The van der Waals surface area contributed by atoms with Crippen molar-refractivity contribution in [2.24, 2.45) is 0 Å². The quantitative estimate of drug-likeness (QED) is 0.600. The molecular formula is C19H17ClN2O2S. The van der Waals surface area contributed by atoms with Gasteiger partial charge in [-0.3, -0.25) is 0 Å². The summed E-state index contributed by atoms with van der Waals surface area (Å²) in [6, 6.07) is 15.1. The van der Waals surface area contributed by atoms with Gasteiger partial charge in [0.05, 0.1) is 5.56 Å². The zero-order chi connectivity index (χ0) is 17.4. The van der Waals surface area contributed by atoms with Crippen molar-refractivity contribution < 1.29 is 9.53 Å². The average Bonchev–Trinajstić information content (AvgIpc) is 2.90. The third-order valence-electron chi connectivity index (χ3n) is 4.88. The van der Waals surface area contributed by atoms with Crippen LogP contribution in [0.2, 0.25) is 5.02 Å². The van der Waals surface area contributed by atoms with Crippen LogP contribution in [0.25, 0.3) is 0 Å². The van der Waals surface area contributed by atoms with E-state index < -0.39 is 5.60 Å². The Labute approximate surface area is 156 Å². The number of hydrogen-bond donors (Lipinski definition) is 1. The van der Waals surface area contributed by atoms with Crippen LogP contribution in [0.4, 0.5) is 5.69 Å². The summed E-state index contributed by atoms with van der Waals surface area (Å²) >= 11 is 11.4. The minimum absolute atomic E-state index is 0.217. The minimum Gasteiger partial charge on any atom is -0.450 e. The highest BCUT2D eigenvalue weighted by Gasteiger charge is 2.47. The van der Waals surface area contributed by atoms with Gasteiger partial charge in [0.15, 0.2) is 5.11 Å². The van der Waals surface area contributed by atoms with Gasteiger partial charge in [-0.1, -0.05) is 29.8 Å². The lowest BCUT2D eigenvalue weighted by molar-refractivity contribution is -0.0342. The molecule has 0 aliphatic carbocycles. The summed E-state index contributed by atoms with van der Waals surface area (Å²) in [4.78, 5) is 14.3. The molecule has 6 heteroatoms. The van der Waals surface area contributed by atoms with Gasteiger partial charge in [0.1, 0.15) is 5.60 Å². The van der Waals surface area contributed by atoms with Crippen molar-refractivity contribution in [1.29, 1.82) is 0 Å². The number of halogens is 1. The van der Waals surface area contributed by atoms with Gasteiger partial charge in [-0.2, -0.15) is 0 Å². The van der Waals surface area contributed by atoms with E-state index in [1.54, 1.807) is 0 Å². The number of benzene rings is 2. The van der Waals surface area contributed by atoms with Crippen LogP contribution in [0.1, 0.15) is 28.8 Å². The molecular weight excluding hydrogens is 356 g/mol. The first-order chi connectivity index (χ1) is 12.1. The number of thiocarbonyl (C=S) groups is 1. The van der Waals surface area contributed by atoms with Crippen molar-refractivity contribution >= 4 is 40.6 Å². The van der Waals surface area contributed by atoms with Crippen molar-refractivity contribution in [3.8, 4) is 0 Å². The molecule has 0 radical (unpaired) electrons. The molecule has 128 valence electrons. The van der Waals surface area contributed by atoms with Gasteiger partial charge in [-0.25, -0.2) is 4.79 Å². The number of hydrogen-bond acceptors (Lipinski definition) is 3. The molecule has 4 rings (SSSR count). The largest absolute Gasteiger partial charge is 0.450 e. The number of fused-ring (bicyclic) bond motifs is 2. The van der Waals surface area contributed by atoms with E-state index in [9.17, 15) is 4.79 Å². The van der Waals surface area contributed by atoms with Crippen LogP contribution in [-0.2, 0) is 10.3 Å². The number of nitrogens with one attached hydrogen (secondary N) is 1. The Bertz CT molecular complexity index is 830. The molecule has 25 heavy (non-hydrogen) atoms. The second-order valence-corrected chi connectivity index (χ2v) is 7.18. The van der Waals surface area contributed by atoms with Crippen molar-refractivity contribution in [2.45, 2.75) is 18.4 Å². The predicted molar refractivity (Wildman–Crippen MR) is 102 cm³/mol. The third kappa shape index (κ3) is 2.98. The summed E-state index contributed by atoms with van der Waals surface area (Å²) in [7, 11) is 0. The molecule has 0 amide bonds. The molecule has 0 atom stereocenters. The van der Waals surface area contributed by atoms with Gasteiger partial charge >= 0.3 is 5.97 Å². The van der Waals surface area contributed by atoms with Crippen LogP contribution in [0, 0.1) is 0 Å². The van der Waals surface area contributed by atoms with E-state index in [1.807, 2.05) is 48.5 Å². The monoisotopic (exact) mass is 372 g/mol. The van der Waals surface area contributed by atoms with Crippen LogP contribution in [0.15, 0.2) is 48.5 Å². The van der Waals surface area contributed by atoms with E-state index >= 15 is 0 Å². The molecule has 1 N–H and O–H groups in total. The Morgan fingerprint density at radius 1 is 1.12 bits per heavy atom. The maximum atomic E-state index is 12.1. The third-order valence-corrected chi connectivity index (χ3v) is 5.49. The highest BCUT2D eigenvalue weighted by atomic mass is 35.5. The van der Waals surface area contributed by atoms with Crippen LogP contribution >= 0.6 is 23.8 Å². The molecule has 2 aromatic rings. The summed E-state index contributed by atoms with van der Waals surface area (Å²) in [5.74, 6) is -0.217. The number of piperidine rings is 1. The lowest BCUT2D eigenvalue weighted by atomic mass is 9.84. The second-order valence-electron chi connectivity index (χ2n) is 6.35. The molecule has 0 saturated carbocycles. The standard InChI is InChI=1S/C19H17ClN2O2S/c20-13-5-7-14(8-6-13)21-18(25)22-11-9-19(10-12-22)16-4-2-1-3-15(16)17(23)24-19/h1-8H,9-12H2,(H,21,25). The number of nitrogens with zero attached hydrogens (tertiary/aromatic N) is 1. The average molecular weight is 373 g/mol. The van der Waals surface area contributed by atoms with Gasteiger partial charge < -0.3 is 15.0 Å². The van der Waals surface area contributed by atoms with Gasteiger partial charge in [0, 0.05) is 42.2 Å². The summed E-state index contributed by atoms with van der Waals surface area (Å²) in [6.45, 7) is 1.47. The smallest absolute Gasteiger partial charge is 0.339 e. The molecule has 4 nitrogen and oxygen atoms in total. The van der Waals surface area contributed by atoms with Crippen LogP contribution in [0.5, 0.6) is 0 Å². The zero-order valence-electron chi connectivity index (χ0n) is 13.5. The normalized spacial score (nSPS) is 18.0. The van der Waals surface area contributed by atoms with Crippen molar-refractivity contribution in [3.63, 3.8) is 0 Å². The molecule has 0 bridgehead atoms. The summed E-state index contributed by atoms with van der Waals surface area (Å²) in [5.41, 5.74) is 2.11. The van der Waals surface area contributed by atoms with E-state index in [-0.39, 0.29) is 5.97 Å². The maximum absolute atomic E-state index is 12.1. The van der Waals surface area contributed by atoms with Crippen LogP contribution in [-0.4, -0.2) is 29.1 Å². The molecule has 2 aliphatic heterocycles. The molecule has 1 spiro atoms. The SMILES string of the molecule is O=C1OC2(CCN(C(=S)Nc3ccc(Cl)cc3)CC2)c2ccccc21. The highest BCUT2D eigenvalue weighted by Crippen LogP contribution is 2.43. The van der Waals surface area contributed by atoms with E-state index in [0.717, 1.165) is 37.2 Å². The predicted octanol–water partition coefficient (Wildman–Crippen LogP) is 4.20. The van der Waals surface area contributed by atoms with Gasteiger partial charge in [0.2, 0.25) is 0 Å². The fourth-order valence-corrected chi connectivity index (χ4v) is 3.95. The van der Waals surface area contributed by atoms with Crippen LogP contribution < -0.4 is 5.32 Å². The fourth-order valence-electron chi connectivity index (χ4n) is 3.52. The molecule has 1 saturated heterocycles. The first-order valence-corrected chi connectivity index (χ1v) is 9.00. The highest BCUT2D eigenvalue weighted by molar-refractivity contribution is 7.80.